The molecule has 20 heavy (non-hydrogen) atoms. The maximum atomic E-state index is 12.7. The zero-order chi connectivity index (χ0) is 14.9. The third-order valence-electron chi connectivity index (χ3n) is 4.14. The van der Waals surface area contributed by atoms with Crippen molar-refractivity contribution >= 4 is 10.0 Å². The fourth-order valence-corrected chi connectivity index (χ4v) is 4.21. The van der Waals surface area contributed by atoms with E-state index in [1.807, 2.05) is 14.1 Å². The summed E-state index contributed by atoms with van der Waals surface area (Å²) in [5.74, 6) is 0. The number of rotatable bonds is 4. The van der Waals surface area contributed by atoms with Crippen molar-refractivity contribution in [3.8, 4) is 0 Å². The first-order valence-corrected chi connectivity index (χ1v) is 8.39. The lowest BCUT2D eigenvalue weighted by Gasteiger charge is -2.38. The number of likely N-dealkylation sites (N-methyl/N-ethyl adjacent to an activating group) is 1. The van der Waals surface area contributed by atoms with Crippen LogP contribution in [0.3, 0.4) is 0 Å². The highest BCUT2D eigenvalue weighted by molar-refractivity contribution is 7.89. The van der Waals surface area contributed by atoms with Gasteiger partial charge in [0.15, 0.2) is 0 Å². The molecule has 1 aliphatic rings. The monoisotopic (exact) mass is 300 g/mol. The number of sulfonamides is 1. The number of hydrogen-bond acceptors (Lipinski definition) is 4. The van der Waals surface area contributed by atoms with Gasteiger partial charge in [0.1, 0.15) is 4.90 Å². The van der Waals surface area contributed by atoms with Crippen LogP contribution >= 0.6 is 0 Å². The molecule has 0 bridgehead atoms. The highest BCUT2D eigenvalue weighted by Gasteiger charge is 2.32. The van der Waals surface area contributed by atoms with E-state index in [9.17, 15) is 8.42 Å². The quantitative estimate of drug-likeness (QED) is 0.862. The van der Waals surface area contributed by atoms with Crippen LogP contribution in [0.5, 0.6) is 0 Å². The van der Waals surface area contributed by atoms with Crippen molar-refractivity contribution in [3.05, 3.63) is 18.0 Å². The van der Waals surface area contributed by atoms with Crippen molar-refractivity contribution < 1.29 is 8.42 Å². The van der Waals surface area contributed by atoms with Gasteiger partial charge in [0.05, 0.1) is 0 Å². The molecule has 1 aromatic rings. The zero-order valence-electron chi connectivity index (χ0n) is 12.4. The lowest BCUT2D eigenvalue weighted by Crippen LogP contribution is -2.52. The Morgan fingerprint density at radius 1 is 1.35 bits per heavy atom. The molecule has 1 atom stereocenters. The Morgan fingerprint density at radius 2 is 2.05 bits per heavy atom. The predicted molar refractivity (Wildman–Crippen MR) is 78.8 cm³/mol. The van der Waals surface area contributed by atoms with Gasteiger partial charge in [-0.25, -0.2) is 8.42 Å². The highest BCUT2D eigenvalue weighted by Crippen LogP contribution is 2.22. The molecule has 1 aliphatic heterocycles. The smallest absolute Gasteiger partial charge is 0.244 e. The molecule has 1 aromatic heterocycles. The largest absolute Gasteiger partial charge is 0.352 e. The summed E-state index contributed by atoms with van der Waals surface area (Å²) in [5.41, 5.74) is 6.44. The minimum absolute atomic E-state index is 0.288. The van der Waals surface area contributed by atoms with Gasteiger partial charge >= 0.3 is 0 Å². The van der Waals surface area contributed by atoms with E-state index in [1.165, 1.54) is 0 Å². The Balaban J connectivity index is 2.25. The van der Waals surface area contributed by atoms with E-state index in [1.54, 1.807) is 21.1 Å². The van der Waals surface area contributed by atoms with Crippen molar-refractivity contribution in [1.29, 1.82) is 0 Å². The van der Waals surface area contributed by atoms with E-state index in [2.05, 4.69) is 11.8 Å². The molecular weight excluding hydrogens is 276 g/mol. The Bertz CT molecular complexity index is 567. The molecule has 0 amide bonds. The second kappa shape index (κ2) is 5.85. The molecule has 0 aliphatic carbocycles. The zero-order valence-corrected chi connectivity index (χ0v) is 13.2. The molecule has 1 unspecified atom stereocenters. The number of nitrogens with two attached hydrogens (primary N) is 1. The van der Waals surface area contributed by atoms with Crippen LogP contribution in [0.4, 0.5) is 0 Å². The molecule has 2 N–H and O–H groups in total. The second-order valence-electron chi connectivity index (χ2n) is 5.39. The fraction of sp³-hybridized carbons (Fsp3) is 0.692. The topological polar surface area (TPSA) is 71.6 Å². The average molecular weight is 300 g/mol. The summed E-state index contributed by atoms with van der Waals surface area (Å²) in [4.78, 5) is 2.57. The second-order valence-corrected chi connectivity index (χ2v) is 7.33. The molecule has 6 nitrogen and oxygen atoms in total. The summed E-state index contributed by atoms with van der Waals surface area (Å²) in [6.45, 7) is 4.30. The molecule has 1 fully saturated rings. The van der Waals surface area contributed by atoms with Gasteiger partial charge in [-0.1, -0.05) is 6.92 Å². The maximum absolute atomic E-state index is 12.7. The molecule has 0 aromatic carbocycles. The van der Waals surface area contributed by atoms with Gasteiger partial charge in [-0.05, 0) is 19.5 Å². The van der Waals surface area contributed by atoms with Crippen LogP contribution in [0.25, 0.3) is 0 Å². The van der Waals surface area contributed by atoms with Crippen molar-refractivity contribution in [2.45, 2.75) is 30.8 Å². The predicted octanol–water partition coefficient (Wildman–Crippen LogP) is 0.199. The van der Waals surface area contributed by atoms with Crippen LogP contribution in [0.2, 0.25) is 0 Å². The first-order chi connectivity index (χ1) is 9.40. The molecule has 2 rings (SSSR count). The third kappa shape index (κ3) is 2.76. The molecule has 1 saturated heterocycles. The summed E-state index contributed by atoms with van der Waals surface area (Å²) >= 11 is 0. The Kier molecular flexibility index (Phi) is 4.53. The van der Waals surface area contributed by atoms with E-state index in [4.69, 9.17) is 5.73 Å². The number of hydrogen-bond donors (Lipinski definition) is 1. The Hall–Kier alpha value is -0.890. The normalized spacial score (nSPS) is 22.3. The molecular formula is C13H24N4O2S. The summed E-state index contributed by atoms with van der Waals surface area (Å²) in [6, 6.07) is 1.96. The molecule has 0 spiro atoms. The van der Waals surface area contributed by atoms with E-state index < -0.39 is 10.0 Å². The number of piperazine rings is 1. The number of nitrogens with zero attached hydrogens (tertiary/aromatic N) is 3. The minimum Gasteiger partial charge on any atom is -0.352 e. The first kappa shape index (κ1) is 15.5. The number of aryl methyl sites for hydroxylation is 1. The third-order valence-corrected chi connectivity index (χ3v) is 5.97. The van der Waals surface area contributed by atoms with Gasteiger partial charge in [-0.3, -0.25) is 0 Å². The molecule has 0 saturated carbocycles. The van der Waals surface area contributed by atoms with Gasteiger partial charge in [-0.15, -0.1) is 0 Å². The molecule has 0 radical (unpaired) electrons. The minimum atomic E-state index is -3.41. The maximum Gasteiger partial charge on any atom is 0.244 e. The van der Waals surface area contributed by atoms with Gasteiger partial charge in [0.25, 0.3) is 0 Å². The molecule has 114 valence electrons. The highest BCUT2D eigenvalue weighted by atomic mass is 32.2. The standard InChI is InChI=1S/C13H24N4O2S/c1-4-11-9-17(6-5-15(11)2)20(18,19)13-7-12(8-14)16(3)10-13/h7,10-11H,4-6,8-9,14H2,1-3H3. The van der Waals surface area contributed by atoms with Crippen LogP contribution in [-0.2, 0) is 23.6 Å². The molecule has 2 heterocycles. The van der Waals surface area contributed by atoms with Gasteiger partial charge in [0, 0.05) is 51.2 Å². The summed E-state index contributed by atoms with van der Waals surface area (Å²) < 4.78 is 28.8. The lowest BCUT2D eigenvalue weighted by atomic mass is 10.1. The van der Waals surface area contributed by atoms with Crippen LogP contribution < -0.4 is 5.73 Å². The van der Waals surface area contributed by atoms with Crippen LogP contribution in [0.1, 0.15) is 19.0 Å². The van der Waals surface area contributed by atoms with Crippen molar-refractivity contribution in [2.24, 2.45) is 12.8 Å². The van der Waals surface area contributed by atoms with E-state index in [0.29, 0.717) is 24.5 Å². The number of aromatic nitrogens is 1. The summed E-state index contributed by atoms with van der Waals surface area (Å²) in [5, 5.41) is 0. The van der Waals surface area contributed by atoms with E-state index in [-0.39, 0.29) is 6.04 Å². The van der Waals surface area contributed by atoms with Gasteiger partial charge in [0.2, 0.25) is 10.0 Å². The first-order valence-electron chi connectivity index (χ1n) is 6.95. The van der Waals surface area contributed by atoms with Crippen molar-refractivity contribution in [1.82, 2.24) is 13.8 Å². The Morgan fingerprint density at radius 3 is 2.60 bits per heavy atom. The molecule has 7 heteroatoms. The van der Waals surface area contributed by atoms with Gasteiger partial charge < -0.3 is 15.2 Å². The average Bonchev–Trinajstić information content (AvgIpc) is 2.81. The van der Waals surface area contributed by atoms with Crippen LogP contribution in [0, 0.1) is 0 Å². The van der Waals surface area contributed by atoms with E-state index in [0.717, 1.165) is 18.7 Å². The summed E-state index contributed by atoms with van der Waals surface area (Å²) in [7, 11) is 0.458. The van der Waals surface area contributed by atoms with Crippen LogP contribution in [0.15, 0.2) is 17.2 Å². The lowest BCUT2D eigenvalue weighted by molar-refractivity contribution is 0.144. The SMILES string of the molecule is CCC1CN(S(=O)(=O)c2cc(CN)n(C)c2)CCN1C. The van der Waals surface area contributed by atoms with Gasteiger partial charge in [-0.2, -0.15) is 4.31 Å². The van der Waals surface area contributed by atoms with Crippen molar-refractivity contribution in [2.75, 3.05) is 26.7 Å². The fourth-order valence-electron chi connectivity index (χ4n) is 2.65. The Labute approximate surface area is 121 Å². The van der Waals surface area contributed by atoms with Crippen LogP contribution in [-0.4, -0.2) is 54.9 Å². The summed E-state index contributed by atoms with van der Waals surface area (Å²) in [6.07, 6.45) is 2.60. The van der Waals surface area contributed by atoms with E-state index >= 15 is 0 Å². The van der Waals surface area contributed by atoms with Crippen molar-refractivity contribution in [3.63, 3.8) is 0 Å².